The molecule has 0 aromatic heterocycles. The lowest BCUT2D eigenvalue weighted by Gasteiger charge is -2.20. The summed E-state index contributed by atoms with van der Waals surface area (Å²) in [6.45, 7) is 2.01. The minimum atomic E-state index is -0.917. The smallest absolute Gasteiger partial charge is 0.220 e. The number of hydrogen-bond donors (Lipinski definition) is 2. The summed E-state index contributed by atoms with van der Waals surface area (Å²) in [5.41, 5.74) is 0.536. The summed E-state index contributed by atoms with van der Waals surface area (Å²) < 4.78 is 31.1. The first-order chi connectivity index (χ1) is 12.0. The molecule has 6 heteroatoms. The van der Waals surface area contributed by atoms with Crippen molar-refractivity contribution in [2.24, 2.45) is 0 Å². The lowest BCUT2D eigenvalue weighted by molar-refractivity contribution is -0.122. The molecule has 0 heterocycles. The molecule has 1 amide bonds. The third-order valence-electron chi connectivity index (χ3n) is 3.70. The highest BCUT2D eigenvalue weighted by Crippen LogP contribution is 2.17. The van der Waals surface area contributed by atoms with Gasteiger partial charge in [-0.25, -0.2) is 8.78 Å². The molecule has 0 saturated heterocycles. The number of benzene rings is 2. The average Bonchev–Trinajstić information content (AvgIpc) is 2.60. The van der Waals surface area contributed by atoms with E-state index in [1.807, 2.05) is 0 Å². The molecule has 0 radical (unpaired) electrons. The zero-order valence-electron chi connectivity index (χ0n) is 13.9. The van der Waals surface area contributed by atoms with E-state index in [1.54, 1.807) is 6.92 Å². The number of carbonyl (C=O) groups excluding carboxylic acids is 1. The van der Waals surface area contributed by atoms with E-state index in [2.05, 4.69) is 5.32 Å². The van der Waals surface area contributed by atoms with Gasteiger partial charge in [-0.1, -0.05) is 12.1 Å². The number of halogens is 2. The molecule has 2 atom stereocenters. The SMILES string of the molecule is CC(NC(=O)CCCOc1ccc(F)cc1)C(O)c1ccc(F)cc1. The van der Waals surface area contributed by atoms with Crippen molar-refractivity contribution in [3.63, 3.8) is 0 Å². The van der Waals surface area contributed by atoms with E-state index in [0.29, 0.717) is 24.3 Å². The number of amides is 1. The molecule has 2 rings (SSSR count). The number of carbonyl (C=O) groups is 1. The Morgan fingerprint density at radius 2 is 1.64 bits per heavy atom. The molecule has 0 aliphatic heterocycles. The molecule has 2 aromatic rings. The van der Waals surface area contributed by atoms with E-state index in [1.165, 1.54) is 48.5 Å². The second kappa shape index (κ2) is 9.13. The maximum atomic E-state index is 12.9. The summed E-state index contributed by atoms with van der Waals surface area (Å²) >= 11 is 0. The fourth-order valence-electron chi connectivity index (χ4n) is 2.31. The van der Waals surface area contributed by atoms with Gasteiger partial charge >= 0.3 is 0 Å². The fourth-order valence-corrected chi connectivity index (χ4v) is 2.31. The summed E-state index contributed by atoms with van der Waals surface area (Å²) in [7, 11) is 0. The van der Waals surface area contributed by atoms with E-state index >= 15 is 0 Å². The maximum absolute atomic E-state index is 12.9. The Hall–Kier alpha value is -2.47. The lowest BCUT2D eigenvalue weighted by atomic mass is 10.0. The van der Waals surface area contributed by atoms with Crippen LogP contribution >= 0.6 is 0 Å². The van der Waals surface area contributed by atoms with Crippen LogP contribution in [-0.2, 0) is 4.79 Å². The Bertz CT molecular complexity index is 674. The van der Waals surface area contributed by atoms with E-state index in [0.717, 1.165) is 0 Å². The molecule has 25 heavy (non-hydrogen) atoms. The van der Waals surface area contributed by atoms with Gasteiger partial charge in [0.15, 0.2) is 0 Å². The van der Waals surface area contributed by atoms with Gasteiger partial charge in [0, 0.05) is 6.42 Å². The van der Waals surface area contributed by atoms with Crippen LogP contribution in [0.1, 0.15) is 31.4 Å². The first-order valence-electron chi connectivity index (χ1n) is 8.07. The monoisotopic (exact) mass is 349 g/mol. The number of hydrogen-bond acceptors (Lipinski definition) is 3. The van der Waals surface area contributed by atoms with Gasteiger partial charge in [-0.15, -0.1) is 0 Å². The Morgan fingerprint density at radius 3 is 2.24 bits per heavy atom. The van der Waals surface area contributed by atoms with Crippen molar-refractivity contribution in [3.05, 3.63) is 65.7 Å². The van der Waals surface area contributed by atoms with E-state index in [4.69, 9.17) is 4.74 Å². The van der Waals surface area contributed by atoms with Crippen molar-refractivity contribution < 1.29 is 23.4 Å². The standard InChI is InChI=1S/C19H21F2NO3/c1-13(19(24)14-4-6-15(20)7-5-14)22-18(23)3-2-12-25-17-10-8-16(21)9-11-17/h4-11,13,19,24H,2-3,12H2,1H3,(H,22,23). The molecule has 0 saturated carbocycles. The predicted molar refractivity (Wildman–Crippen MR) is 90.1 cm³/mol. The highest BCUT2D eigenvalue weighted by atomic mass is 19.1. The lowest BCUT2D eigenvalue weighted by Crippen LogP contribution is -2.37. The summed E-state index contributed by atoms with van der Waals surface area (Å²) in [5.74, 6) is -0.382. The van der Waals surface area contributed by atoms with Gasteiger partial charge < -0.3 is 15.2 Å². The van der Waals surface area contributed by atoms with Crippen molar-refractivity contribution in [2.75, 3.05) is 6.61 Å². The number of aliphatic hydroxyl groups is 1. The Balaban J connectivity index is 1.70. The van der Waals surface area contributed by atoms with Gasteiger partial charge in [0.2, 0.25) is 5.91 Å². The summed E-state index contributed by atoms with van der Waals surface area (Å²) in [4.78, 5) is 11.9. The normalized spacial score (nSPS) is 13.1. The summed E-state index contributed by atoms with van der Waals surface area (Å²) in [6.07, 6.45) is -0.190. The number of aliphatic hydroxyl groups excluding tert-OH is 1. The molecule has 0 aliphatic rings. The Labute approximate surface area is 145 Å². The highest BCUT2D eigenvalue weighted by molar-refractivity contribution is 5.76. The first kappa shape index (κ1) is 18.9. The van der Waals surface area contributed by atoms with Crippen LogP contribution in [0.3, 0.4) is 0 Å². The number of nitrogens with one attached hydrogen (secondary N) is 1. The quantitative estimate of drug-likeness (QED) is 0.719. The molecule has 2 aromatic carbocycles. The third kappa shape index (κ3) is 6.15. The minimum absolute atomic E-state index is 0.212. The van der Waals surface area contributed by atoms with Crippen molar-refractivity contribution in [3.8, 4) is 5.75 Å². The highest BCUT2D eigenvalue weighted by Gasteiger charge is 2.18. The molecule has 0 bridgehead atoms. The van der Waals surface area contributed by atoms with Crippen molar-refractivity contribution in [2.45, 2.75) is 31.9 Å². The van der Waals surface area contributed by atoms with E-state index in [-0.39, 0.29) is 24.0 Å². The zero-order valence-corrected chi connectivity index (χ0v) is 13.9. The second-order valence-electron chi connectivity index (χ2n) is 5.76. The van der Waals surface area contributed by atoms with Gasteiger partial charge in [-0.3, -0.25) is 4.79 Å². The summed E-state index contributed by atoms with van der Waals surface area (Å²) in [5, 5.41) is 12.9. The molecule has 0 aliphatic carbocycles. The van der Waals surface area contributed by atoms with Crippen LogP contribution in [0.15, 0.2) is 48.5 Å². The van der Waals surface area contributed by atoms with Gasteiger partial charge in [0.25, 0.3) is 0 Å². The van der Waals surface area contributed by atoms with Gasteiger partial charge in [0.05, 0.1) is 18.8 Å². The van der Waals surface area contributed by atoms with Crippen LogP contribution in [0.5, 0.6) is 5.75 Å². The second-order valence-corrected chi connectivity index (χ2v) is 5.76. The summed E-state index contributed by atoms with van der Waals surface area (Å²) in [6, 6.07) is 10.7. The maximum Gasteiger partial charge on any atom is 0.220 e. The van der Waals surface area contributed by atoms with Gasteiger partial charge in [-0.05, 0) is 55.3 Å². The fraction of sp³-hybridized carbons (Fsp3) is 0.316. The topological polar surface area (TPSA) is 58.6 Å². The van der Waals surface area contributed by atoms with E-state index in [9.17, 15) is 18.7 Å². The molecule has 0 spiro atoms. The first-order valence-corrected chi connectivity index (χ1v) is 8.07. The minimum Gasteiger partial charge on any atom is -0.494 e. The number of ether oxygens (including phenoxy) is 1. The largest absolute Gasteiger partial charge is 0.494 e. The molecular formula is C19H21F2NO3. The van der Waals surface area contributed by atoms with Gasteiger partial charge in [0.1, 0.15) is 17.4 Å². The third-order valence-corrected chi connectivity index (χ3v) is 3.70. The molecule has 2 N–H and O–H groups in total. The van der Waals surface area contributed by atoms with Crippen LogP contribution in [0.4, 0.5) is 8.78 Å². The van der Waals surface area contributed by atoms with Crippen LogP contribution in [0.25, 0.3) is 0 Å². The molecular weight excluding hydrogens is 328 g/mol. The Morgan fingerprint density at radius 1 is 1.08 bits per heavy atom. The van der Waals surface area contributed by atoms with Gasteiger partial charge in [-0.2, -0.15) is 0 Å². The van der Waals surface area contributed by atoms with Crippen molar-refractivity contribution >= 4 is 5.91 Å². The molecule has 4 nitrogen and oxygen atoms in total. The predicted octanol–water partition coefficient (Wildman–Crippen LogP) is 3.36. The number of rotatable bonds is 8. The molecule has 134 valence electrons. The molecule has 2 unspecified atom stereocenters. The van der Waals surface area contributed by atoms with Crippen LogP contribution < -0.4 is 10.1 Å². The van der Waals surface area contributed by atoms with Crippen LogP contribution in [0, 0.1) is 11.6 Å². The van der Waals surface area contributed by atoms with Crippen LogP contribution in [0.2, 0.25) is 0 Å². The van der Waals surface area contributed by atoms with E-state index < -0.39 is 12.1 Å². The molecule has 0 fully saturated rings. The van der Waals surface area contributed by atoms with Crippen molar-refractivity contribution in [1.29, 1.82) is 0 Å². The average molecular weight is 349 g/mol. The van der Waals surface area contributed by atoms with Crippen molar-refractivity contribution in [1.82, 2.24) is 5.32 Å². The van der Waals surface area contributed by atoms with Crippen LogP contribution in [-0.4, -0.2) is 23.7 Å². The zero-order chi connectivity index (χ0) is 18.2. The Kier molecular flexibility index (Phi) is 6.89.